The smallest absolute Gasteiger partial charge is 0.462 e. The zero-order valence-corrected chi connectivity index (χ0v) is 34.5. The molecule has 0 saturated carbocycles. The SMILES string of the molecule is CC/C=C\C/C=C\C/C=C\CCCCCCCCCC(=O)OC(COC(=O)CCCCCCCCC/C=C\C/C=C\CCCCCC)COP(=O)(O)O. The zero-order valence-electron chi connectivity index (χ0n) is 33.6. The minimum atomic E-state index is -4.76. The summed E-state index contributed by atoms with van der Waals surface area (Å²) < 4.78 is 26.4. The van der Waals surface area contributed by atoms with E-state index >= 15 is 0 Å². The van der Waals surface area contributed by atoms with Crippen molar-refractivity contribution in [3.05, 3.63) is 60.8 Å². The van der Waals surface area contributed by atoms with Crippen LogP contribution in [0.1, 0.15) is 187 Å². The van der Waals surface area contributed by atoms with Gasteiger partial charge in [0.2, 0.25) is 0 Å². The molecule has 0 heterocycles. The van der Waals surface area contributed by atoms with Crippen LogP contribution < -0.4 is 0 Å². The molecule has 0 amide bonds. The van der Waals surface area contributed by atoms with Gasteiger partial charge in [0.15, 0.2) is 6.10 Å². The quantitative estimate of drug-likeness (QED) is 0.0276. The van der Waals surface area contributed by atoms with Gasteiger partial charge < -0.3 is 19.3 Å². The number of unbranched alkanes of at least 4 members (excludes halogenated alkanes) is 18. The summed E-state index contributed by atoms with van der Waals surface area (Å²) in [6.45, 7) is 3.54. The van der Waals surface area contributed by atoms with Gasteiger partial charge >= 0.3 is 19.8 Å². The topological polar surface area (TPSA) is 119 Å². The van der Waals surface area contributed by atoms with Crippen molar-refractivity contribution in [2.24, 2.45) is 0 Å². The minimum absolute atomic E-state index is 0.197. The van der Waals surface area contributed by atoms with E-state index in [0.717, 1.165) is 77.0 Å². The van der Waals surface area contributed by atoms with Crippen molar-refractivity contribution in [2.45, 2.75) is 193 Å². The summed E-state index contributed by atoms with van der Waals surface area (Å²) in [7, 11) is -4.76. The van der Waals surface area contributed by atoms with Gasteiger partial charge in [0.05, 0.1) is 6.61 Å². The average molecular weight is 765 g/mol. The molecular weight excluding hydrogens is 687 g/mol. The minimum Gasteiger partial charge on any atom is -0.462 e. The van der Waals surface area contributed by atoms with Crippen molar-refractivity contribution < 1.29 is 37.9 Å². The summed E-state index contributed by atoms with van der Waals surface area (Å²) in [6.07, 6.45) is 49.3. The lowest BCUT2D eigenvalue weighted by molar-refractivity contribution is -0.161. The molecular formula is C44H77O8P. The fourth-order valence-electron chi connectivity index (χ4n) is 5.65. The van der Waals surface area contributed by atoms with Crippen LogP contribution in [0.2, 0.25) is 0 Å². The van der Waals surface area contributed by atoms with Crippen molar-refractivity contribution in [1.29, 1.82) is 0 Å². The maximum Gasteiger partial charge on any atom is 0.469 e. The second-order valence-electron chi connectivity index (χ2n) is 13.9. The van der Waals surface area contributed by atoms with Gasteiger partial charge in [0.25, 0.3) is 0 Å². The number of allylic oxidation sites excluding steroid dienone is 10. The molecule has 2 N–H and O–H groups in total. The summed E-state index contributed by atoms with van der Waals surface area (Å²) in [5, 5.41) is 0. The van der Waals surface area contributed by atoms with Crippen LogP contribution in [0.15, 0.2) is 60.8 Å². The van der Waals surface area contributed by atoms with Crippen LogP contribution in [0.4, 0.5) is 0 Å². The molecule has 306 valence electrons. The third-order valence-electron chi connectivity index (χ3n) is 8.77. The number of carbonyl (C=O) groups is 2. The summed E-state index contributed by atoms with van der Waals surface area (Å²) in [5.74, 6) is -0.907. The Labute approximate surface area is 324 Å². The molecule has 0 saturated heterocycles. The highest BCUT2D eigenvalue weighted by Gasteiger charge is 2.22. The van der Waals surface area contributed by atoms with Crippen LogP contribution in [0.25, 0.3) is 0 Å². The van der Waals surface area contributed by atoms with Crippen molar-refractivity contribution in [1.82, 2.24) is 0 Å². The molecule has 0 aromatic rings. The molecule has 0 aromatic heterocycles. The number of carbonyl (C=O) groups excluding carboxylic acids is 2. The monoisotopic (exact) mass is 765 g/mol. The van der Waals surface area contributed by atoms with Gasteiger partial charge in [-0.2, -0.15) is 0 Å². The first kappa shape index (κ1) is 50.8. The number of hydrogen-bond donors (Lipinski definition) is 2. The van der Waals surface area contributed by atoms with Crippen LogP contribution in [0.5, 0.6) is 0 Å². The molecule has 0 aliphatic rings. The predicted octanol–water partition coefficient (Wildman–Crippen LogP) is 12.9. The molecule has 1 atom stereocenters. The fourth-order valence-corrected chi connectivity index (χ4v) is 6.01. The van der Waals surface area contributed by atoms with E-state index in [1.807, 2.05) is 0 Å². The lowest BCUT2D eigenvalue weighted by atomic mass is 10.1. The number of esters is 2. The van der Waals surface area contributed by atoms with E-state index in [1.165, 1.54) is 70.6 Å². The Morgan fingerprint density at radius 1 is 0.509 bits per heavy atom. The van der Waals surface area contributed by atoms with Gasteiger partial charge in [-0.25, -0.2) is 4.57 Å². The van der Waals surface area contributed by atoms with Gasteiger partial charge in [-0.15, -0.1) is 0 Å². The number of hydrogen-bond acceptors (Lipinski definition) is 6. The number of rotatable bonds is 38. The Morgan fingerprint density at radius 2 is 0.906 bits per heavy atom. The summed E-state index contributed by atoms with van der Waals surface area (Å²) in [6, 6.07) is 0. The molecule has 8 nitrogen and oxygen atoms in total. The first-order valence-corrected chi connectivity index (χ1v) is 22.6. The fraction of sp³-hybridized carbons (Fsp3) is 0.727. The second-order valence-corrected chi connectivity index (χ2v) is 15.2. The Morgan fingerprint density at radius 3 is 1.36 bits per heavy atom. The van der Waals surface area contributed by atoms with E-state index in [4.69, 9.17) is 19.3 Å². The molecule has 0 bridgehead atoms. The van der Waals surface area contributed by atoms with E-state index in [2.05, 4.69) is 79.1 Å². The Kier molecular flexibility index (Phi) is 37.8. The normalized spacial score (nSPS) is 13.1. The average Bonchev–Trinajstić information content (AvgIpc) is 3.13. The van der Waals surface area contributed by atoms with Crippen molar-refractivity contribution in [2.75, 3.05) is 13.2 Å². The largest absolute Gasteiger partial charge is 0.469 e. The first-order valence-electron chi connectivity index (χ1n) is 21.1. The van der Waals surface area contributed by atoms with Gasteiger partial charge in [0.1, 0.15) is 6.61 Å². The van der Waals surface area contributed by atoms with Gasteiger partial charge in [-0.05, 0) is 77.0 Å². The molecule has 1 unspecified atom stereocenters. The van der Waals surface area contributed by atoms with E-state index in [1.54, 1.807) is 0 Å². The maximum atomic E-state index is 12.4. The standard InChI is InChI=1S/C44H77O8P/c1-3-5-7-9-11-13-15-17-19-21-23-24-26-28-30-32-34-36-38-43(45)50-40-42(41-51-53(47,48)49)52-44(46)39-37-35-33-31-29-27-25-22-20-18-16-14-12-10-8-6-4-2/h6,8,12-15,18-21,42H,3-5,7,9-11,16-17,22-41H2,1-2H3,(H2,47,48,49)/b8-6-,14-12-,15-13-,20-18-,21-19-. The van der Waals surface area contributed by atoms with E-state index < -0.39 is 32.5 Å². The highest BCUT2D eigenvalue weighted by Crippen LogP contribution is 2.36. The molecule has 0 aliphatic carbocycles. The van der Waals surface area contributed by atoms with Crippen LogP contribution in [0, 0.1) is 0 Å². The summed E-state index contributed by atoms with van der Waals surface area (Å²) in [5.41, 5.74) is 0. The van der Waals surface area contributed by atoms with Crippen molar-refractivity contribution >= 4 is 19.8 Å². The van der Waals surface area contributed by atoms with Crippen molar-refractivity contribution in [3.63, 3.8) is 0 Å². The summed E-state index contributed by atoms with van der Waals surface area (Å²) >= 11 is 0. The van der Waals surface area contributed by atoms with Gasteiger partial charge in [-0.1, -0.05) is 158 Å². The number of phosphoric acid groups is 1. The van der Waals surface area contributed by atoms with Gasteiger partial charge in [0, 0.05) is 12.8 Å². The van der Waals surface area contributed by atoms with Crippen LogP contribution in [0.3, 0.4) is 0 Å². The lowest BCUT2D eigenvalue weighted by Gasteiger charge is -2.18. The van der Waals surface area contributed by atoms with Crippen LogP contribution in [-0.2, 0) is 28.2 Å². The van der Waals surface area contributed by atoms with Crippen LogP contribution in [-0.4, -0.2) is 41.0 Å². The molecule has 53 heavy (non-hydrogen) atoms. The van der Waals surface area contributed by atoms with Crippen LogP contribution >= 0.6 is 7.82 Å². The first-order chi connectivity index (χ1) is 25.8. The molecule has 0 spiro atoms. The molecule has 0 radical (unpaired) electrons. The zero-order chi connectivity index (χ0) is 38.9. The van der Waals surface area contributed by atoms with E-state index in [-0.39, 0.29) is 19.4 Å². The highest BCUT2D eigenvalue weighted by molar-refractivity contribution is 7.46. The van der Waals surface area contributed by atoms with Gasteiger partial charge in [-0.3, -0.25) is 14.1 Å². The predicted molar refractivity (Wildman–Crippen MR) is 221 cm³/mol. The number of ether oxygens (including phenoxy) is 2. The number of phosphoric ester groups is 1. The lowest BCUT2D eigenvalue weighted by Crippen LogP contribution is -2.29. The maximum absolute atomic E-state index is 12.4. The molecule has 0 aromatic carbocycles. The van der Waals surface area contributed by atoms with E-state index in [0.29, 0.717) is 12.8 Å². The Hall–Kier alpha value is -2.25. The molecule has 0 rings (SSSR count). The molecule has 0 fully saturated rings. The van der Waals surface area contributed by atoms with Crippen molar-refractivity contribution in [3.8, 4) is 0 Å². The molecule has 0 aliphatic heterocycles. The molecule has 9 heteroatoms. The van der Waals surface area contributed by atoms with E-state index in [9.17, 15) is 14.2 Å². The third-order valence-corrected chi connectivity index (χ3v) is 9.26. The third kappa shape index (κ3) is 42.4. The Bertz CT molecular complexity index is 1040. The second kappa shape index (κ2) is 39.4. The Balaban J connectivity index is 3.95. The summed E-state index contributed by atoms with van der Waals surface area (Å²) in [4.78, 5) is 42.9. The highest BCUT2D eigenvalue weighted by atomic mass is 31.2.